The van der Waals surface area contributed by atoms with Gasteiger partial charge >= 0.3 is 12.2 Å². The number of carbonyl (C=O) groups excluding carboxylic acids is 1. The van der Waals surface area contributed by atoms with Gasteiger partial charge in [-0.1, -0.05) is 13.0 Å². The largest absolute Gasteiger partial charge is 0.394 e. The summed E-state index contributed by atoms with van der Waals surface area (Å²) in [7, 11) is 0. The van der Waals surface area contributed by atoms with Crippen molar-refractivity contribution in [2.24, 2.45) is 5.92 Å². The molecule has 28 heavy (non-hydrogen) atoms. The van der Waals surface area contributed by atoms with Gasteiger partial charge in [-0.05, 0) is 45.0 Å². The van der Waals surface area contributed by atoms with E-state index < -0.39 is 23.7 Å². The quantitative estimate of drug-likeness (QED) is 0.836. The van der Waals surface area contributed by atoms with Gasteiger partial charge in [0.25, 0.3) is 0 Å². The second-order valence-electron chi connectivity index (χ2n) is 8.09. The Morgan fingerprint density at radius 1 is 1.18 bits per heavy atom. The van der Waals surface area contributed by atoms with Crippen LogP contribution in [0, 0.1) is 5.92 Å². The number of halogens is 3. The topological polar surface area (TPSA) is 38.8 Å². The molecule has 8 heteroatoms. The number of amides is 2. The number of carbonyl (C=O) groups is 1. The average molecular weight is 398 g/mol. The Hall–Kier alpha value is -1.96. The molecule has 1 atom stereocenters. The number of likely N-dealkylation sites (tertiary alicyclic amines) is 1. The van der Waals surface area contributed by atoms with Crippen molar-refractivity contribution in [3.8, 4) is 0 Å². The minimum Gasteiger partial charge on any atom is -0.369 e. The Morgan fingerprint density at radius 2 is 1.86 bits per heavy atom. The van der Waals surface area contributed by atoms with Crippen molar-refractivity contribution in [2.75, 3.05) is 49.5 Å². The van der Waals surface area contributed by atoms with Crippen molar-refractivity contribution in [2.45, 2.75) is 38.9 Å². The van der Waals surface area contributed by atoms with Crippen LogP contribution >= 0.6 is 0 Å². The van der Waals surface area contributed by atoms with E-state index >= 15 is 0 Å². The maximum Gasteiger partial charge on any atom is 0.394 e. The molecule has 0 saturated carbocycles. The molecule has 1 aromatic rings. The number of alkyl halides is 3. The molecule has 2 fully saturated rings. The maximum absolute atomic E-state index is 13.3. The van der Waals surface area contributed by atoms with Crippen molar-refractivity contribution >= 4 is 17.4 Å². The van der Waals surface area contributed by atoms with Crippen molar-refractivity contribution < 1.29 is 18.0 Å². The highest BCUT2D eigenvalue weighted by Crippen LogP contribution is 2.44. The standard InChI is InChI=1S/C20H29F3N4O/c1-4-25-10-12-26(13-11-25)16-7-5-6-15(14-16)24-18(28)27-9-8-17(19(27,2)3)20(21,22)23/h5-7,14,17H,4,8-13H2,1-3H3,(H,24,28)/t17-/m0/s1. The fourth-order valence-corrected chi connectivity index (χ4v) is 4.31. The maximum atomic E-state index is 13.3. The van der Waals surface area contributed by atoms with Gasteiger partial charge in [-0.2, -0.15) is 13.2 Å². The van der Waals surface area contributed by atoms with E-state index in [1.807, 2.05) is 18.2 Å². The smallest absolute Gasteiger partial charge is 0.369 e. The van der Waals surface area contributed by atoms with E-state index in [2.05, 4.69) is 22.0 Å². The number of likely N-dealkylation sites (N-methyl/N-ethyl adjacent to an activating group) is 1. The zero-order valence-electron chi connectivity index (χ0n) is 16.7. The third kappa shape index (κ3) is 4.21. The van der Waals surface area contributed by atoms with Gasteiger partial charge in [-0.15, -0.1) is 0 Å². The Labute approximate surface area is 164 Å². The molecule has 2 aliphatic rings. The highest BCUT2D eigenvalue weighted by Gasteiger charge is 2.56. The first-order valence-corrected chi connectivity index (χ1v) is 9.85. The molecule has 3 rings (SSSR count). The van der Waals surface area contributed by atoms with Crippen molar-refractivity contribution in [3.05, 3.63) is 24.3 Å². The molecule has 0 bridgehead atoms. The number of anilines is 2. The van der Waals surface area contributed by atoms with Gasteiger partial charge in [0.1, 0.15) is 0 Å². The molecule has 1 aromatic carbocycles. The van der Waals surface area contributed by atoms with Crippen LogP contribution < -0.4 is 10.2 Å². The van der Waals surface area contributed by atoms with E-state index in [0.717, 1.165) is 38.4 Å². The summed E-state index contributed by atoms with van der Waals surface area (Å²) in [5, 5.41) is 2.79. The molecule has 2 saturated heterocycles. The van der Waals surface area contributed by atoms with E-state index in [4.69, 9.17) is 0 Å². The molecule has 5 nitrogen and oxygen atoms in total. The minimum atomic E-state index is -4.31. The Balaban J connectivity index is 1.67. The van der Waals surface area contributed by atoms with Crippen LogP contribution in [0.3, 0.4) is 0 Å². The average Bonchev–Trinajstić information content (AvgIpc) is 2.97. The zero-order chi connectivity index (χ0) is 20.5. The summed E-state index contributed by atoms with van der Waals surface area (Å²) in [4.78, 5) is 18.7. The van der Waals surface area contributed by atoms with E-state index in [0.29, 0.717) is 5.69 Å². The number of rotatable bonds is 3. The summed E-state index contributed by atoms with van der Waals surface area (Å²) >= 11 is 0. The van der Waals surface area contributed by atoms with Gasteiger partial charge in [-0.3, -0.25) is 0 Å². The number of nitrogens with one attached hydrogen (secondary N) is 1. The van der Waals surface area contributed by atoms with E-state index in [1.54, 1.807) is 6.07 Å². The summed E-state index contributed by atoms with van der Waals surface area (Å²) in [5.41, 5.74) is 0.352. The first kappa shape index (κ1) is 20.8. The lowest BCUT2D eigenvalue weighted by Crippen LogP contribution is -2.51. The highest BCUT2D eigenvalue weighted by molar-refractivity contribution is 5.90. The normalized spacial score (nSPS) is 23.1. The van der Waals surface area contributed by atoms with Gasteiger partial charge in [0, 0.05) is 44.1 Å². The monoisotopic (exact) mass is 398 g/mol. The Morgan fingerprint density at radius 3 is 2.43 bits per heavy atom. The lowest BCUT2D eigenvalue weighted by atomic mass is 9.88. The van der Waals surface area contributed by atoms with E-state index in [9.17, 15) is 18.0 Å². The number of nitrogens with zero attached hydrogens (tertiary/aromatic N) is 3. The summed E-state index contributed by atoms with van der Waals surface area (Å²) in [5.74, 6) is -1.51. The number of piperazine rings is 1. The molecule has 0 aliphatic carbocycles. The van der Waals surface area contributed by atoms with Gasteiger partial charge in [0.2, 0.25) is 0 Å². The fraction of sp³-hybridized carbons (Fsp3) is 0.650. The third-order valence-corrected chi connectivity index (χ3v) is 6.11. The summed E-state index contributed by atoms with van der Waals surface area (Å²) in [6.45, 7) is 10.1. The van der Waals surface area contributed by atoms with Crippen molar-refractivity contribution in [1.82, 2.24) is 9.80 Å². The summed E-state index contributed by atoms with van der Waals surface area (Å²) in [6, 6.07) is 7.05. The fourth-order valence-electron chi connectivity index (χ4n) is 4.31. The van der Waals surface area contributed by atoms with Gasteiger partial charge in [-0.25, -0.2) is 4.79 Å². The Kier molecular flexibility index (Phi) is 5.79. The molecule has 0 spiro atoms. The van der Waals surface area contributed by atoms with Gasteiger partial charge in [0.15, 0.2) is 0 Å². The zero-order valence-corrected chi connectivity index (χ0v) is 16.7. The van der Waals surface area contributed by atoms with Gasteiger partial charge in [0.05, 0.1) is 11.5 Å². The molecule has 0 unspecified atom stereocenters. The summed E-state index contributed by atoms with van der Waals surface area (Å²) in [6.07, 6.45) is -4.37. The molecule has 2 aliphatic heterocycles. The molecule has 0 aromatic heterocycles. The van der Waals surface area contributed by atoms with Crippen molar-refractivity contribution in [1.29, 1.82) is 0 Å². The number of hydrogen-bond donors (Lipinski definition) is 1. The van der Waals surface area contributed by atoms with E-state index in [-0.39, 0.29) is 13.0 Å². The molecule has 1 N–H and O–H groups in total. The predicted molar refractivity (Wildman–Crippen MR) is 105 cm³/mol. The van der Waals surface area contributed by atoms with Crippen LogP contribution in [0.5, 0.6) is 0 Å². The second-order valence-corrected chi connectivity index (χ2v) is 8.09. The van der Waals surface area contributed by atoms with Crippen LogP contribution in [-0.4, -0.2) is 66.8 Å². The number of benzene rings is 1. The number of hydrogen-bond acceptors (Lipinski definition) is 3. The Bertz CT molecular complexity index is 699. The SMILES string of the molecule is CCN1CCN(c2cccc(NC(=O)N3CC[C@H](C(F)(F)F)C3(C)C)c2)CC1. The van der Waals surface area contributed by atoms with Crippen LogP contribution in [-0.2, 0) is 0 Å². The molecule has 0 radical (unpaired) electrons. The summed E-state index contributed by atoms with van der Waals surface area (Å²) < 4.78 is 39.8. The lowest BCUT2D eigenvalue weighted by molar-refractivity contribution is -0.189. The molecule has 2 heterocycles. The van der Waals surface area contributed by atoms with E-state index in [1.165, 1.54) is 18.7 Å². The minimum absolute atomic E-state index is 0.0638. The van der Waals surface area contributed by atoms with Crippen LogP contribution in [0.15, 0.2) is 24.3 Å². The van der Waals surface area contributed by atoms with Crippen LogP contribution in [0.25, 0.3) is 0 Å². The van der Waals surface area contributed by atoms with Crippen LogP contribution in [0.1, 0.15) is 27.2 Å². The van der Waals surface area contributed by atoms with Crippen molar-refractivity contribution in [3.63, 3.8) is 0 Å². The first-order chi connectivity index (χ1) is 13.1. The molecular formula is C20H29F3N4O. The molecular weight excluding hydrogens is 369 g/mol. The van der Waals surface area contributed by atoms with Crippen LogP contribution in [0.4, 0.5) is 29.3 Å². The molecule has 156 valence electrons. The highest BCUT2D eigenvalue weighted by atomic mass is 19.4. The lowest BCUT2D eigenvalue weighted by Gasteiger charge is -2.37. The molecule has 2 amide bonds. The number of urea groups is 1. The predicted octanol–water partition coefficient (Wildman–Crippen LogP) is 4.02. The third-order valence-electron chi connectivity index (χ3n) is 6.11. The van der Waals surface area contributed by atoms with Crippen LogP contribution in [0.2, 0.25) is 0 Å². The van der Waals surface area contributed by atoms with Gasteiger partial charge < -0.3 is 20.0 Å². The first-order valence-electron chi connectivity index (χ1n) is 9.85. The second kappa shape index (κ2) is 7.81.